The van der Waals surface area contributed by atoms with E-state index in [4.69, 9.17) is 0 Å². The zero-order chi connectivity index (χ0) is 15.4. The minimum Gasteiger partial charge on any atom is -0.476 e. The molecule has 1 aromatic heterocycles. The van der Waals surface area contributed by atoms with Crippen molar-refractivity contribution in [2.45, 2.75) is 0 Å². The summed E-state index contributed by atoms with van der Waals surface area (Å²) in [7, 11) is 0. The van der Waals surface area contributed by atoms with Gasteiger partial charge in [-0.2, -0.15) is 0 Å². The fraction of sp³-hybridized carbons (Fsp3) is 0. The fourth-order valence-corrected chi connectivity index (χ4v) is 2.09. The molecule has 3 aromatic rings. The van der Waals surface area contributed by atoms with Crippen LogP contribution in [0.2, 0.25) is 0 Å². The first-order valence-electron chi connectivity index (χ1n) is 6.73. The van der Waals surface area contributed by atoms with Crippen LogP contribution in [0.15, 0.2) is 60.7 Å². The number of nitrogens with zero attached hydrogens (tertiary/aromatic N) is 3. The molecule has 5 nitrogen and oxygen atoms in total. The Morgan fingerprint density at radius 3 is 2.23 bits per heavy atom. The SMILES string of the molecule is O=C(O)c1nnn(-c2ccccc2)c1/C=C/c1ccccc1. The molecule has 0 aliphatic rings. The molecule has 0 radical (unpaired) electrons. The first-order valence-corrected chi connectivity index (χ1v) is 6.73. The van der Waals surface area contributed by atoms with Crippen molar-refractivity contribution in [1.29, 1.82) is 0 Å². The van der Waals surface area contributed by atoms with Crippen molar-refractivity contribution in [3.63, 3.8) is 0 Å². The first-order chi connectivity index (χ1) is 10.8. The molecule has 0 fully saturated rings. The second-order valence-electron chi connectivity index (χ2n) is 4.62. The van der Waals surface area contributed by atoms with E-state index >= 15 is 0 Å². The highest BCUT2D eigenvalue weighted by atomic mass is 16.4. The lowest BCUT2D eigenvalue weighted by Crippen LogP contribution is -2.02. The molecule has 0 unspecified atom stereocenters. The van der Waals surface area contributed by atoms with Gasteiger partial charge >= 0.3 is 5.97 Å². The maximum absolute atomic E-state index is 11.3. The van der Waals surface area contributed by atoms with Gasteiger partial charge in [-0.15, -0.1) is 5.10 Å². The van der Waals surface area contributed by atoms with Crippen LogP contribution in [0, 0.1) is 0 Å². The van der Waals surface area contributed by atoms with Crippen LogP contribution in [-0.4, -0.2) is 26.1 Å². The highest BCUT2D eigenvalue weighted by Crippen LogP contribution is 2.16. The van der Waals surface area contributed by atoms with Gasteiger partial charge < -0.3 is 5.11 Å². The number of aromatic nitrogens is 3. The molecule has 3 rings (SSSR count). The van der Waals surface area contributed by atoms with Crippen molar-refractivity contribution in [3.8, 4) is 5.69 Å². The quantitative estimate of drug-likeness (QED) is 0.802. The Hall–Kier alpha value is -3.21. The normalized spacial score (nSPS) is 10.9. The van der Waals surface area contributed by atoms with Crippen LogP contribution in [0.5, 0.6) is 0 Å². The molecule has 22 heavy (non-hydrogen) atoms. The van der Waals surface area contributed by atoms with Gasteiger partial charge in [-0.3, -0.25) is 0 Å². The zero-order valence-corrected chi connectivity index (χ0v) is 11.6. The molecule has 0 aliphatic carbocycles. The summed E-state index contributed by atoms with van der Waals surface area (Å²) in [6, 6.07) is 19.0. The highest BCUT2D eigenvalue weighted by molar-refractivity contribution is 5.90. The van der Waals surface area contributed by atoms with Crippen LogP contribution in [-0.2, 0) is 0 Å². The van der Waals surface area contributed by atoms with Gasteiger partial charge in [-0.05, 0) is 23.8 Å². The summed E-state index contributed by atoms with van der Waals surface area (Å²) in [5, 5.41) is 17.0. The van der Waals surface area contributed by atoms with Crippen LogP contribution in [0.3, 0.4) is 0 Å². The molecule has 1 N–H and O–H groups in total. The zero-order valence-electron chi connectivity index (χ0n) is 11.6. The lowest BCUT2D eigenvalue weighted by Gasteiger charge is -2.03. The summed E-state index contributed by atoms with van der Waals surface area (Å²) in [4.78, 5) is 11.3. The molecule has 2 aromatic carbocycles. The van der Waals surface area contributed by atoms with Crippen LogP contribution in [0.25, 0.3) is 17.8 Å². The molecule has 0 saturated heterocycles. The number of carboxylic acids is 1. The summed E-state index contributed by atoms with van der Waals surface area (Å²) in [6.45, 7) is 0. The van der Waals surface area contributed by atoms with E-state index in [1.54, 1.807) is 6.08 Å². The van der Waals surface area contributed by atoms with E-state index < -0.39 is 5.97 Å². The Kier molecular flexibility index (Phi) is 3.78. The minimum absolute atomic E-state index is 0.0731. The highest BCUT2D eigenvalue weighted by Gasteiger charge is 2.17. The van der Waals surface area contributed by atoms with E-state index in [1.807, 2.05) is 66.7 Å². The van der Waals surface area contributed by atoms with Crippen molar-refractivity contribution >= 4 is 18.1 Å². The number of aromatic carboxylic acids is 1. The van der Waals surface area contributed by atoms with E-state index in [2.05, 4.69) is 10.3 Å². The van der Waals surface area contributed by atoms with Gasteiger partial charge in [0.2, 0.25) is 0 Å². The third kappa shape index (κ3) is 2.78. The number of hydrogen-bond acceptors (Lipinski definition) is 3. The maximum atomic E-state index is 11.3. The smallest absolute Gasteiger partial charge is 0.358 e. The van der Waals surface area contributed by atoms with Gasteiger partial charge in [0.05, 0.1) is 5.69 Å². The van der Waals surface area contributed by atoms with Crippen LogP contribution in [0.4, 0.5) is 0 Å². The second-order valence-corrected chi connectivity index (χ2v) is 4.62. The summed E-state index contributed by atoms with van der Waals surface area (Å²) in [5.41, 5.74) is 2.09. The summed E-state index contributed by atoms with van der Waals surface area (Å²) >= 11 is 0. The number of carbonyl (C=O) groups is 1. The predicted octanol–water partition coefficient (Wildman–Crippen LogP) is 3.14. The van der Waals surface area contributed by atoms with Crippen LogP contribution < -0.4 is 0 Å². The fourth-order valence-electron chi connectivity index (χ4n) is 2.09. The topological polar surface area (TPSA) is 68.0 Å². The average molecular weight is 291 g/mol. The second kappa shape index (κ2) is 6.05. The Labute approximate surface area is 127 Å². The number of hydrogen-bond donors (Lipinski definition) is 1. The Balaban J connectivity index is 2.06. The monoisotopic (exact) mass is 291 g/mol. The molecule has 0 bridgehead atoms. The van der Waals surface area contributed by atoms with E-state index in [0.29, 0.717) is 5.69 Å². The van der Waals surface area contributed by atoms with Crippen molar-refractivity contribution < 1.29 is 9.90 Å². The number of carboxylic acid groups (broad SMARTS) is 1. The average Bonchev–Trinajstić information content (AvgIpc) is 2.99. The number of para-hydroxylation sites is 1. The summed E-state index contributed by atoms with van der Waals surface area (Å²) in [5.74, 6) is -1.10. The van der Waals surface area contributed by atoms with Crippen molar-refractivity contribution in [2.75, 3.05) is 0 Å². The molecule has 0 spiro atoms. The van der Waals surface area contributed by atoms with Gasteiger partial charge in [-0.25, -0.2) is 9.48 Å². The molecule has 0 atom stereocenters. The van der Waals surface area contributed by atoms with Crippen LogP contribution in [0.1, 0.15) is 21.7 Å². The number of benzene rings is 2. The van der Waals surface area contributed by atoms with Gasteiger partial charge in [0.25, 0.3) is 0 Å². The molecular formula is C17H13N3O2. The lowest BCUT2D eigenvalue weighted by atomic mass is 10.2. The van der Waals surface area contributed by atoms with Gasteiger partial charge in [0.15, 0.2) is 5.69 Å². The third-order valence-corrected chi connectivity index (χ3v) is 3.14. The van der Waals surface area contributed by atoms with Gasteiger partial charge in [0.1, 0.15) is 5.69 Å². The first kappa shape index (κ1) is 13.8. The molecule has 0 amide bonds. The molecular weight excluding hydrogens is 278 g/mol. The standard InChI is InChI=1S/C17H13N3O2/c21-17(22)16-15(12-11-13-7-3-1-4-8-13)20(19-18-16)14-9-5-2-6-10-14/h1-12H,(H,21,22)/b12-11+. The van der Waals surface area contributed by atoms with Gasteiger partial charge in [0, 0.05) is 0 Å². The Morgan fingerprint density at radius 1 is 0.955 bits per heavy atom. The van der Waals surface area contributed by atoms with E-state index in [-0.39, 0.29) is 5.69 Å². The van der Waals surface area contributed by atoms with Crippen molar-refractivity contribution in [3.05, 3.63) is 77.6 Å². The van der Waals surface area contributed by atoms with E-state index in [9.17, 15) is 9.90 Å². The number of rotatable bonds is 4. The molecule has 5 heteroatoms. The van der Waals surface area contributed by atoms with Crippen molar-refractivity contribution in [2.24, 2.45) is 0 Å². The summed E-state index contributed by atoms with van der Waals surface area (Å²) < 4.78 is 1.52. The predicted molar refractivity (Wildman–Crippen MR) is 83.7 cm³/mol. The maximum Gasteiger partial charge on any atom is 0.358 e. The van der Waals surface area contributed by atoms with Crippen molar-refractivity contribution in [1.82, 2.24) is 15.0 Å². The lowest BCUT2D eigenvalue weighted by molar-refractivity contribution is 0.0690. The van der Waals surface area contributed by atoms with E-state index in [1.165, 1.54) is 4.68 Å². The third-order valence-electron chi connectivity index (χ3n) is 3.14. The molecule has 0 saturated carbocycles. The van der Waals surface area contributed by atoms with Gasteiger partial charge in [-0.1, -0.05) is 59.8 Å². The van der Waals surface area contributed by atoms with Crippen LogP contribution >= 0.6 is 0 Å². The molecule has 108 valence electrons. The Bertz CT molecular complexity index is 808. The van der Waals surface area contributed by atoms with E-state index in [0.717, 1.165) is 11.3 Å². The minimum atomic E-state index is -1.10. The largest absolute Gasteiger partial charge is 0.476 e. The molecule has 0 aliphatic heterocycles. The Morgan fingerprint density at radius 2 is 1.59 bits per heavy atom. The molecule has 1 heterocycles. The summed E-state index contributed by atoms with van der Waals surface area (Å²) in [6.07, 6.45) is 3.55.